The van der Waals surface area contributed by atoms with E-state index in [1.807, 2.05) is 32.2 Å². The molecular formula is C14H22FNOS. The zero-order chi connectivity index (χ0) is 13.5. The molecule has 0 saturated carbocycles. The van der Waals surface area contributed by atoms with Crippen molar-refractivity contribution in [1.82, 2.24) is 5.32 Å². The van der Waals surface area contributed by atoms with Crippen molar-refractivity contribution in [3.8, 4) is 0 Å². The highest BCUT2D eigenvalue weighted by Gasteiger charge is 2.09. The molecule has 102 valence electrons. The number of rotatable bonds is 7. The number of hydrogen-bond acceptors (Lipinski definition) is 3. The highest BCUT2D eigenvalue weighted by atomic mass is 32.2. The van der Waals surface area contributed by atoms with Crippen LogP contribution in [0.5, 0.6) is 0 Å². The number of aliphatic hydroxyl groups excluding tert-OH is 1. The molecule has 0 aliphatic heterocycles. The van der Waals surface area contributed by atoms with E-state index in [-0.39, 0.29) is 18.0 Å². The van der Waals surface area contributed by atoms with Crippen molar-refractivity contribution in [2.75, 3.05) is 12.8 Å². The van der Waals surface area contributed by atoms with Gasteiger partial charge in [0.1, 0.15) is 5.82 Å². The molecule has 0 aliphatic rings. The largest absolute Gasteiger partial charge is 0.393 e. The molecular weight excluding hydrogens is 249 g/mol. The molecule has 0 amide bonds. The highest BCUT2D eigenvalue weighted by molar-refractivity contribution is 7.98. The Morgan fingerprint density at radius 1 is 1.44 bits per heavy atom. The third-order valence-corrected chi connectivity index (χ3v) is 3.85. The first-order valence-corrected chi connectivity index (χ1v) is 7.55. The summed E-state index contributed by atoms with van der Waals surface area (Å²) in [6, 6.07) is 5.44. The van der Waals surface area contributed by atoms with Crippen LogP contribution in [0.2, 0.25) is 0 Å². The molecule has 0 spiro atoms. The Labute approximate surface area is 113 Å². The lowest BCUT2D eigenvalue weighted by Crippen LogP contribution is -2.23. The fourth-order valence-electron chi connectivity index (χ4n) is 1.74. The molecule has 1 aromatic carbocycles. The van der Waals surface area contributed by atoms with Crippen molar-refractivity contribution in [2.24, 2.45) is 0 Å². The molecule has 2 N–H and O–H groups in total. The zero-order valence-corrected chi connectivity index (χ0v) is 12.1. The van der Waals surface area contributed by atoms with Crippen LogP contribution in [0.1, 0.15) is 38.3 Å². The second kappa shape index (κ2) is 7.77. The van der Waals surface area contributed by atoms with Gasteiger partial charge in [-0.05, 0) is 50.3 Å². The second-order valence-corrected chi connectivity index (χ2v) is 5.27. The van der Waals surface area contributed by atoms with Crippen LogP contribution in [-0.4, -0.2) is 24.0 Å². The lowest BCUT2D eigenvalue weighted by atomic mass is 10.1. The topological polar surface area (TPSA) is 32.3 Å². The van der Waals surface area contributed by atoms with E-state index in [9.17, 15) is 9.50 Å². The molecule has 0 heterocycles. The molecule has 1 rings (SSSR count). The summed E-state index contributed by atoms with van der Waals surface area (Å²) in [5, 5.41) is 12.7. The van der Waals surface area contributed by atoms with Crippen molar-refractivity contribution in [3.63, 3.8) is 0 Å². The number of thioether (sulfide) groups is 1. The SMILES string of the molecule is CCC(O)CCNC(C)c1ccc(SC)c(F)c1. The third-order valence-electron chi connectivity index (χ3n) is 3.08. The fraction of sp³-hybridized carbons (Fsp3) is 0.571. The summed E-state index contributed by atoms with van der Waals surface area (Å²) >= 11 is 1.41. The van der Waals surface area contributed by atoms with E-state index >= 15 is 0 Å². The predicted molar refractivity (Wildman–Crippen MR) is 75.5 cm³/mol. The van der Waals surface area contributed by atoms with Crippen LogP contribution >= 0.6 is 11.8 Å². The van der Waals surface area contributed by atoms with E-state index < -0.39 is 0 Å². The van der Waals surface area contributed by atoms with Gasteiger partial charge in [-0.25, -0.2) is 4.39 Å². The summed E-state index contributed by atoms with van der Waals surface area (Å²) in [6.45, 7) is 4.71. The number of nitrogens with one attached hydrogen (secondary N) is 1. The molecule has 1 aromatic rings. The van der Waals surface area contributed by atoms with Gasteiger partial charge in [-0.2, -0.15) is 0 Å². The summed E-state index contributed by atoms with van der Waals surface area (Å²) in [6.07, 6.45) is 3.12. The first-order valence-electron chi connectivity index (χ1n) is 6.33. The van der Waals surface area contributed by atoms with Gasteiger partial charge in [0.25, 0.3) is 0 Å². The quantitative estimate of drug-likeness (QED) is 0.746. The Balaban J connectivity index is 2.51. The summed E-state index contributed by atoms with van der Waals surface area (Å²) in [4.78, 5) is 0.673. The van der Waals surface area contributed by atoms with E-state index in [4.69, 9.17) is 0 Å². The summed E-state index contributed by atoms with van der Waals surface area (Å²) in [7, 11) is 0. The molecule has 2 nitrogen and oxygen atoms in total. The van der Waals surface area contributed by atoms with Gasteiger partial charge < -0.3 is 10.4 Å². The minimum atomic E-state index is -0.250. The van der Waals surface area contributed by atoms with Gasteiger partial charge in [-0.3, -0.25) is 0 Å². The average molecular weight is 271 g/mol. The van der Waals surface area contributed by atoms with Gasteiger partial charge in [0.15, 0.2) is 0 Å². The molecule has 0 saturated heterocycles. The molecule has 4 heteroatoms. The number of benzene rings is 1. The van der Waals surface area contributed by atoms with Gasteiger partial charge in [0, 0.05) is 10.9 Å². The van der Waals surface area contributed by atoms with Gasteiger partial charge >= 0.3 is 0 Å². The Hall–Kier alpha value is -0.580. The minimum Gasteiger partial charge on any atom is -0.393 e. The molecule has 2 atom stereocenters. The van der Waals surface area contributed by atoms with Gasteiger partial charge in [-0.15, -0.1) is 11.8 Å². The summed E-state index contributed by atoms with van der Waals surface area (Å²) < 4.78 is 13.6. The van der Waals surface area contributed by atoms with Crippen molar-refractivity contribution >= 4 is 11.8 Å². The van der Waals surface area contributed by atoms with Crippen molar-refractivity contribution in [3.05, 3.63) is 29.6 Å². The van der Waals surface area contributed by atoms with Crippen LogP contribution < -0.4 is 5.32 Å². The molecule has 0 aromatic heterocycles. The maximum Gasteiger partial charge on any atom is 0.137 e. The molecule has 2 unspecified atom stereocenters. The lowest BCUT2D eigenvalue weighted by Gasteiger charge is -2.16. The van der Waals surface area contributed by atoms with E-state index in [1.165, 1.54) is 11.8 Å². The van der Waals surface area contributed by atoms with Crippen LogP contribution in [-0.2, 0) is 0 Å². The van der Waals surface area contributed by atoms with Crippen LogP contribution in [0.25, 0.3) is 0 Å². The number of aliphatic hydroxyl groups is 1. The van der Waals surface area contributed by atoms with E-state index in [2.05, 4.69) is 5.32 Å². The second-order valence-electron chi connectivity index (χ2n) is 4.42. The lowest BCUT2D eigenvalue weighted by molar-refractivity contribution is 0.159. The van der Waals surface area contributed by atoms with E-state index in [1.54, 1.807) is 6.07 Å². The number of hydrogen-bond donors (Lipinski definition) is 2. The van der Waals surface area contributed by atoms with Gasteiger partial charge in [-0.1, -0.05) is 13.0 Å². The maximum atomic E-state index is 13.6. The molecule has 0 radical (unpaired) electrons. The fourth-order valence-corrected chi connectivity index (χ4v) is 2.20. The first kappa shape index (κ1) is 15.5. The van der Waals surface area contributed by atoms with E-state index in [0.29, 0.717) is 4.90 Å². The van der Waals surface area contributed by atoms with Gasteiger partial charge in [0.2, 0.25) is 0 Å². The highest BCUT2D eigenvalue weighted by Crippen LogP contribution is 2.22. The monoisotopic (exact) mass is 271 g/mol. The van der Waals surface area contributed by atoms with Crippen LogP contribution in [0.4, 0.5) is 4.39 Å². The summed E-state index contributed by atoms with van der Waals surface area (Å²) in [5.41, 5.74) is 0.941. The standard InChI is InChI=1S/C14H22FNOS/c1-4-12(17)7-8-16-10(2)11-5-6-14(18-3)13(15)9-11/h5-6,9-10,12,16-17H,4,7-8H2,1-3H3. The van der Waals surface area contributed by atoms with Crippen molar-refractivity contribution < 1.29 is 9.50 Å². The normalized spacial score (nSPS) is 14.5. The van der Waals surface area contributed by atoms with Gasteiger partial charge in [0.05, 0.1) is 6.10 Å². The van der Waals surface area contributed by atoms with Crippen molar-refractivity contribution in [2.45, 2.75) is 43.7 Å². The number of halogens is 1. The maximum absolute atomic E-state index is 13.6. The summed E-state index contributed by atoms with van der Waals surface area (Å²) in [5.74, 6) is -0.165. The predicted octanol–water partition coefficient (Wildman–Crippen LogP) is 3.36. The average Bonchev–Trinajstić information content (AvgIpc) is 2.38. The van der Waals surface area contributed by atoms with Crippen molar-refractivity contribution in [1.29, 1.82) is 0 Å². The third kappa shape index (κ3) is 4.59. The van der Waals surface area contributed by atoms with E-state index in [0.717, 1.165) is 24.9 Å². The Kier molecular flexibility index (Phi) is 6.68. The molecule has 18 heavy (non-hydrogen) atoms. The molecule has 0 bridgehead atoms. The Bertz CT molecular complexity index is 373. The molecule has 0 aliphatic carbocycles. The van der Waals surface area contributed by atoms with Crippen LogP contribution in [0, 0.1) is 5.82 Å². The molecule has 0 fully saturated rings. The zero-order valence-electron chi connectivity index (χ0n) is 11.2. The van der Waals surface area contributed by atoms with Crippen LogP contribution in [0.3, 0.4) is 0 Å². The first-order chi connectivity index (χ1) is 8.58. The van der Waals surface area contributed by atoms with Crippen LogP contribution in [0.15, 0.2) is 23.1 Å². The Morgan fingerprint density at radius 3 is 2.72 bits per heavy atom. The smallest absolute Gasteiger partial charge is 0.137 e. The Morgan fingerprint density at radius 2 is 2.17 bits per heavy atom. The minimum absolute atomic E-state index is 0.0967.